The van der Waals surface area contributed by atoms with E-state index < -0.39 is 6.03 Å². The molecule has 26 heavy (non-hydrogen) atoms. The summed E-state index contributed by atoms with van der Waals surface area (Å²) in [5, 5.41) is 10.1. The van der Waals surface area contributed by atoms with Crippen LogP contribution in [0.1, 0.15) is 31.0 Å². The normalized spacial score (nSPS) is 10.9. The third kappa shape index (κ3) is 5.35. The van der Waals surface area contributed by atoms with E-state index in [1.807, 2.05) is 6.92 Å². The Morgan fingerprint density at radius 1 is 1.23 bits per heavy atom. The molecule has 1 aromatic carbocycles. The molecular formula is C18H22ClN5O2. The minimum atomic E-state index is -0.642. The van der Waals surface area contributed by atoms with Gasteiger partial charge in [0.25, 0.3) is 0 Å². The molecule has 0 spiro atoms. The van der Waals surface area contributed by atoms with Crippen LogP contribution in [-0.4, -0.2) is 21.7 Å². The molecule has 2 rings (SSSR count). The number of nitrogens with one attached hydrogen (secondary N) is 2. The number of anilines is 2. The molecule has 0 fully saturated rings. The first-order valence-electron chi connectivity index (χ1n) is 8.29. The van der Waals surface area contributed by atoms with Crippen LogP contribution in [0.25, 0.3) is 6.08 Å². The quantitative estimate of drug-likeness (QED) is 0.641. The summed E-state index contributed by atoms with van der Waals surface area (Å²) in [5.41, 5.74) is 7.70. The SMILES string of the molecule is CCCCn1nc(C)c(/C=C/C(=O)Nc2ccc(NC(N)=O)cc2)c1Cl. The molecule has 0 atom stereocenters. The molecule has 0 saturated heterocycles. The summed E-state index contributed by atoms with van der Waals surface area (Å²) in [5.74, 6) is -0.294. The van der Waals surface area contributed by atoms with Crippen molar-refractivity contribution in [2.75, 3.05) is 10.6 Å². The molecule has 0 saturated carbocycles. The number of unbranched alkanes of at least 4 members (excludes halogenated alkanes) is 1. The molecule has 0 bridgehead atoms. The Morgan fingerprint density at radius 2 is 1.85 bits per heavy atom. The van der Waals surface area contributed by atoms with Crippen LogP contribution in [0.15, 0.2) is 30.3 Å². The molecule has 1 heterocycles. The Morgan fingerprint density at radius 3 is 2.42 bits per heavy atom. The van der Waals surface area contributed by atoms with Gasteiger partial charge in [0.05, 0.1) is 5.69 Å². The van der Waals surface area contributed by atoms with Gasteiger partial charge in [0, 0.05) is 29.6 Å². The van der Waals surface area contributed by atoms with Crippen molar-refractivity contribution >= 4 is 41.0 Å². The van der Waals surface area contributed by atoms with Gasteiger partial charge < -0.3 is 16.4 Å². The number of nitrogens with zero attached hydrogens (tertiary/aromatic N) is 2. The van der Waals surface area contributed by atoms with E-state index in [-0.39, 0.29) is 5.91 Å². The fourth-order valence-corrected chi connectivity index (χ4v) is 2.66. The van der Waals surface area contributed by atoms with Gasteiger partial charge in [-0.05, 0) is 43.7 Å². The molecule has 1 aromatic heterocycles. The first-order chi connectivity index (χ1) is 12.4. The monoisotopic (exact) mass is 375 g/mol. The van der Waals surface area contributed by atoms with Crippen LogP contribution in [-0.2, 0) is 11.3 Å². The largest absolute Gasteiger partial charge is 0.351 e. The fourth-order valence-electron chi connectivity index (χ4n) is 2.33. The molecule has 8 heteroatoms. The second-order valence-corrected chi connectivity index (χ2v) is 6.11. The number of hydrogen-bond acceptors (Lipinski definition) is 3. The number of nitrogens with two attached hydrogens (primary N) is 1. The average molecular weight is 376 g/mol. The number of rotatable bonds is 7. The smallest absolute Gasteiger partial charge is 0.316 e. The van der Waals surface area contributed by atoms with Gasteiger partial charge in [0.15, 0.2) is 0 Å². The number of benzene rings is 1. The molecule has 0 aliphatic heterocycles. The lowest BCUT2D eigenvalue weighted by atomic mass is 10.2. The van der Waals surface area contributed by atoms with Crippen LogP contribution >= 0.6 is 11.6 Å². The van der Waals surface area contributed by atoms with Crippen LogP contribution in [0.2, 0.25) is 5.15 Å². The second-order valence-electron chi connectivity index (χ2n) is 5.76. The van der Waals surface area contributed by atoms with E-state index in [0.29, 0.717) is 16.5 Å². The predicted octanol–water partition coefficient (Wildman–Crippen LogP) is 3.79. The molecule has 7 nitrogen and oxygen atoms in total. The van der Waals surface area contributed by atoms with Gasteiger partial charge >= 0.3 is 6.03 Å². The number of carbonyl (C=O) groups is 2. The summed E-state index contributed by atoms with van der Waals surface area (Å²) in [6.45, 7) is 4.71. The Labute approximate surface area is 157 Å². The van der Waals surface area contributed by atoms with Gasteiger partial charge in [-0.3, -0.25) is 9.48 Å². The van der Waals surface area contributed by atoms with Crippen molar-refractivity contribution in [2.24, 2.45) is 5.73 Å². The van der Waals surface area contributed by atoms with E-state index in [2.05, 4.69) is 22.7 Å². The third-order valence-corrected chi connectivity index (χ3v) is 4.05. The molecule has 3 amide bonds. The number of carbonyl (C=O) groups excluding carboxylic acids is 2. The molecule has 4 N–H and O–H groups in total. The third-order valence-electron chi connectivity index (χ3n) is 3.65. The highest BCUT2D eigenvalue weighted by Gasteiger charge is 2.11. The number of primary amides is 1. The van der Waals surface area contributed by atoms with Crippen molar-refractivity contribution in [1.29, 1.82) is 0 Å². The molecular weight excluding hydrogens is 354 g/mol. The van der Waals surface area contributed by atoms with Gasteiger partial charge in [0.2, 0.25) is 5.91 Å². The van der Waals surface area contributed by atoms with E-state index >= 15 is 0 Å². The highest BCUT2D eigenvalue weighted by atomic mass is 35.5. The predicted molar refractivity (Wildman–Crippen MR) is 104 cm³/mol. The molecule has 2 aromatic rings. The van der Waals surface area contributed by atoms with Crippen LogP contribution in [0, 0.1) is 6.92 Å². The first kappa shape index (κ1) is 19.5. The molecule has 0 aliphatic rings. The second kappa shape index (κ2) is 9.05. The summed E-state index contributed by atoms with van der Waals surface area (Å²) in [7, 11) is 0. The lowest BCUT2D eigenvalue weighted by Gasteiger charge is -2.05. The number of urea groups is 1. The topological polar surface area (TPSA) is 102 Å². The summed E-state index contributed by atoms with van der Waals surface area (Å²) in [6, 6.07) is 5.97. The lowest BCUT2D eigenvalue weighted by molar-refractivity contribution is -0.111. The number of amides is 3. The first-order valence-corrected chi connectivity index (χ1v) is 8.67. The zero-order chi connectivity index (χ0) is 19.1. The Hall–Kier alpha value is -2.80. The van der Waals surface area contributed by atoms with Gasteiger partial charge in [-0.2, -0.15) is 5.10 Å². The van der Waals surface area contributed by atoms with Crippen LogP contribution in [0.4, 0.5) is 16.2 Å². The van der Waals surface area contributed by atoms with Crippen molar-refractivity contribution in [3.8, 4) is 0 Å². The standard InChI is InChI=1S/C18H22ClN5O2/c1-3-4-11-24-17(19)15(12(2)23-24)9-10-16(25)21-13-5-7-14(8-6-13)22-18(20)26/h5-10H,3-4,11H2,1-2H3,(H,21,25)(H3,20,22,26)/b10-9+. The lowest BCUT2D eigenvalue weighted by Crippen LogP contribution is -2.19. The Kier molecular flexibility index (Phi) is 6.80. The summed E-state index contributed by atoms with van der Waals surface area (Å²) in [6.07, 6.45) is 5.11. The molecule has 138 valence electrons. The van der Waals surface area contributed by atoms with Crippen molar-refractivity contribution in [1.82, 2.24) is 9.78 Å². The van der Waals surface area contributed by atoms with Gasteiger partial charge in [-0.25, -0.2) is 4.79 Å². The zero-order valence-corrected chi connectivity index (χ0v) is 15.5. The highest BCUT2D eigenvalue weighted by Crippen LogP contribution is 2.22. The maximum absolute atomic E-state index is 12.1. The highest BCUT2D eigenvalue weighted by molar-refractivity contribution is 6.31. The van der Waals surface area contributed by atoms with Crippen molar-refractivity contribution in [3.63, 3.8) is 0 Å². The molecule has 0 aliphatic carbocycles. The summed E-state index contributed by atoms with van der Waals surface area (Å²) in [4.78, 5) is 22.9. The maximum atomic E-state index is 12.1. The van der Waals surface area contributed by atoms with E-state index in [9.17, 15) is 9.59 Å². The average Bonchev–Trinajstić information content (AvgIpc) is 2.86. The number of aromatic nitrogens is 2. The Bertz CT molecular complexity index is 812. The number of aryl methyl sites for hydroxylation is 2. The van der Waals surface area contributed by atoms with E-state index in [1.165, 1.54) is 6.08 Å². The van der Waals surface area contributed by atoms with Gasteiger partial charge in [-0.15, -0.1) is 0 Å². The van der Waals surface area contributed by atoms with Gasteiger partial charge in [-0.1, -0.05) is 24.9 Å². The van der Waals surface area contributed by atoms with Crippen molar-refractivity contribution < 1.29 is 9.59 Å². The summed E-state index contributed by atoms with van der Waals surface area (Å²) < 4.78 is 1.75. The summed E-state index contributed by atoms with van der Waals surface area (Å²) >= 11 is 6.34. The molecule has 0 radical (unpaired) electrons. The number of halogens is 1. The van der Waals surface area contributed by atoms with Crippen LogP contribution in [0.5, 0.6) is 0 Å². The van der Waals surface area contributed by atoms with Crippen LogP contribution in [0.3, 0.4) is 0 Å². The van der Waals surface area contributed by atoms with E-state index in [4.69, 9.17) is 17.3 Å². The van der Waals surface area contributed by atoms with E-state index in [1.54, 1.807) is 35.0 Å². The van der Waals surface area contributed by atoms with Gasteiger partial charge in [0.1, 0.15) is 5.15 Å². The number of hydrogen-bond donors (Lipinski definition) is 3. The van der Waals surface area contributed by atoms with Crippen LogP contribution < -0.4 is 16.4 Å². The van der Waals surface area contributed by atoms with Crippen molar-refractivity contribution in [2.45, 2.75) is 33.2 Å². The zero-order valence-electron chi connectivity index (χ0n) is 14.8. The fraction of sp³-hybridized carbons (Fsp3) is 0.278. The molecule has 0 unspecified atom stereocenters. The van der Waals surface area contributed by atoms with E-state index in [0.717, 1.165) is 30.6 Å². The maximum Gasteiger partial charge on any atom is 0.316 e. The Balaban J connectivity index is 2.01. The van der Waals surface area contributed by atoms with Crippen molar-refractivity contribution in [3.05, 3.63) is 46.8 Å². The minimum absolute atomic E-state index is 0.294. The minimum Gasteiger partial charge on any atom is -0.351 e.